The van der Waals surface area contributed by atoms with E-state index in [1.807, 2.05) is 30.3 Å². The maximum absolute atomic E-state index is 4.64. The third kappa shape index (κ3) is 3.61. The summed E-state index contributed by atoms with van der Waals surface area (Å²) >= 11 is 0. The van der Waals surface area contributed by atoms with Gasteiger partial charge in [0, 0.05) is 51.2 Å². The van der Waals surface area contributed by atoms with Gasteiger partial charge < -0.3 is 10.2 Å². The molecule has 0 atom stereocenters. The van der Waals surface area contributed by atoms with Crippen LogP contribution in [0.2, 0.25) is 0 Å². The monoisotopic (exact) mass is 285 g/mol. The van der Waals surface area contributed by atoms with Gasteiger partial charge in [0.15, 0.2) is 0 Å². The molecule has 0 aromatic carbocycles. The molecule has 2 aromatic rings. The quantitative estimate of drug-likeness (QED) is 0.882. The second-order valence-electron chi connectivity index (χ2n) is 6.02. The van der Waals surface area contributed by atoms with E-state index in [1.54, 1.807) is 0 Å². The van der Waals surface area contributed by atoms with Gasteiger partial charge >= 0.3 is 0 Å². The van der Waals surface area contributed by atoms with Crippen LogP contribution in [0.3, 0.4) is 0 Å². The molecule has 1 fully saturated rings. The molecule has 0 unspecified atom stereocenters. The highest BCUT2D eigenvalue weighted by Crippen LogP contribution is 2.21. The summed E-state index contributed by atoms with van der Waals surface area (Å²) in [7, 11) is 4.01. The summed E-state index contributed by atoms with van der Waals surface area (Å²) in [5.41, 5.74) is 3.68. The zero-order valence-electron chi connectivity index (χ0n) is 13.0. The lowest BCUT2D eigenvalue weighted by Gasteiger charge is -2.20. The number of nitrogens with zero attached hydrogens (tertiary/aromatic N) is 4. The minimum atomic E-state index is 0.734. The van der Waals surface area contributed by atoms with E-state index in [0.29, 0.717) is 0 Å². The summed E-state index contributed by atoms with van der Waals surface area (Å²) in [5.74, 6) is 1.04. The van der Waals surface area contributed by atoms with Gasteiger partial charge in [0.1, 0.15) is 5.82 Å². The summed E-state index contributed by atoms with van der Waals surface area (Å²) in [4.78, 5) is 6.81. The molecule has 0 aliphatic heterocycles. The van der Waals surface area contributed by atoms with Crippen LogP contribution in [0.15, 0.2) is 24.7 Å². The minimum absolute atomic E-state index is 0.734. The fourth-order valence-corrected chi connectivity index (χ4v) is 2.57. The van der Waals surface area contributed by atoms with Crippen molar-refractivity contribution < 1.29 is 0 Å². The van der Waals surface area contributed by atoms with E-state index in [1.165, 1.54) is 29.5 Å². The third-order valence-electron chi connectivity index (χ3n) is 3.82. The van der Waals surface area contributed by atoms with Crippen molar-refractivity contribution in [2.24, 2.45) is 7.05 Å². The number of rotatable bonds is 6. The van der Waals surface area contributed by atoms with Crippen LogP contribution in [0.1, 0.15) is 29.5 Å². The molecule has 3 rings (SSSR count). The largest absolute Gasteiger partial charge is 0.355 e. The van der Waals surface area contributed by atoms with Gasteiger partial charge in [-0.15, -0.1) is 0 Å². The van der Waals surface area contributed by atoms with E-state index >= 15 is 0 Å². The SMILES string of the molecule is Cc1cc(CNC2CC2)cnc1N(C)Cc1cnn(C)c1. The fourth-order valence-electron chi connectivity index (χ4n) is 2.57. The van der Waals surface area contributed by atoms with Crippen LogP contribution in [0.5, 0.6) is 0 Å². The van der Waals surface area contributed by atoms with Gasteiger partial charge in [0.2, 0.25) is 0 Å². The number of anilines is 1. The molecule has 5 nitrogen and oxygen atoms in total. The second kappa shape index (κ2) is 5.85. The first kappa shape index (κ1) is 14.1. The fraction of sp³-hybridized carbons (Fsp3) is 0.500. The predicted octanol–water partition coefficient (Wildman–Crippen LogP) is 2.01. The Hall–Kier alpha value is -1.88. The van der Waals surface area contributed by atoms with Crippen molar-refractivity contribution in [3.05, 3.63) is 41.3 Å². The molecule has 1 aliphatic carbocycles. The standard InChI is InChI=1S/C16H23N5/c1-12-6-13(7-17-15-4-5-15)8-18-16(12)20(2)10-14-9-19-21(3)11-14/h6,8-9,11,15,17H,4-5,7,10H2,1-3H3. The van der Waals surface area contributed by atoms with Crippen molar-refractivity contribution >= 4 is 5.82 Å². The van der Waals surface area contributed by atoms with E-state index < -0.39 is 0 Å². The highest BCUT2D eigenvalue weighted by Gasteiger charge is 2.20. The van der Waals surface area contributed by atoms with Crippen molar-refractivity contribution in [1.29, 1.82) is 0 Å². The van der Waals surface area contributed by atoms with Gasteiger partial charge in [0.25, 0.3) is 0 Å². The highest BCUT2D eigenvalue weighted by atomic mass is 15.2. The number of hydrogen-bond acceptors (Lipinski definition) is 4. The number of pyridine rings is 1. The Morgan fingerprint density at radius 3 is 2.76 bits per heavy atom. The van der Waals surface area contributed by atoms with Gasteiger partial charge in [-0.05, 0) is 37.0 Å². The minimum Gasteiger partial charge on any atom is -0.355 e. The Morgan fingerprint density at radius 2 is 2.14 bits per heavy atom. The lowest BCUT2D eigenvalue weighted by molar-refractivity contribution is 0.685. The van der Waals surface area contributed by atoms with Crippen LogP contribution < -0.4 is 10.2 Å². The van der Waals surface area contributed by atoms with Crippen LogP contribution in [-0.4, -0.2) is 27.9 Å². The van der Waals surface area contributed by atoms with Gasteiger partial charge in [-0.2, -0.15) is 5.10 Å². The van der Waals surface area contributed by atoms with E-state index in [-0.39, 0.29) is 0 Å². The van der Waals surface area contributed by atoms with E-state index in [2.05, 4.69) is 40.3 Å². The Balaban J connectivity index is 1.65. The zero-order chi connectivity index (χ0) is 14.8. The molecule has 0 bridgehead atoms. The van der Waals surface area contributed by atoms with E-state index in [4.69, 9.17) is 0 Å². The molecule has 1 saturated carbocycles. The Labute approximate surface area is 126 Å². The molecule has 1 N–H and O–H groups in total. The van der Waals surface area contributed by atoms with Crippen molar-refractivity contribution in [1.82, 2.24) is 20.1 Å². The number of aromatic nitrogens is 3. The lowest BCUT2D eigenvalue weighted by atomic mass is 10.2. The first-order valence-electron chi connectivity index (χ1n) is 7.49. The van der Waals surface area contributed by atoms with Crippen LogP contribution in [0, 0.1) is 6.92 Å². The van der Waals surface area contributed by atoms with Crippen LogP contribution >= 0.6 is 0 Å². The molecule has 1 aliphatic rings. The highest BCUT2D eigenvalue weighted by molar-refractivity contribution is 5.47. The number of nitrogens with one attached hydrogen (secondary N) is 1. The van der Waals surface area contributed by atoms with Crippen molar-refractivity contribution in [3.8, 4) is 0 Å². The zero-order valence-corrected chi connectivity index (χ0v) is 13.0. The Bertz CT molecular complexity index is 615. The molecule has 2 aromatic heterocycles. The Kier molecular flexibility index (Phi) is 3.92. The molecule has 21 heavy (non-hydrogen) atoms. The number of hydrogen-bond donors (Lipinski definition) is 1. The van der Waals surface area contributed by atoms with E-state index in [0.717, 1.165) is 24.9 Å². The average Bonchev–Trinajstić information content (AvgIpc) is 3.19. The van der Waals surface area contributed by atoms with Gasteiger partial charge in [-0.25, -0.2) is 4.98 Å². The van der Waals surface area contributed by atoms with Crippen LogP contribution in [0.25, 0.3) is 0 Å². The van der Waals surface area contributed by atoms with Crippen LogP contribution in [0.4, 0.5) is 5.82 Å². The maximum Gasteiger partial charge on any atom is 0.131 e. The molecule has 0 spiro atoms. The topological polar surface area (TPSA) is 46.0 Å². The van der Waals surface area contributed by atoms with Gasteiger partial charge in [-0.1, -0.05) is 0 Å². The molecule has 112 valence electrons. The summed E-state index contributed by atoms with van der Waals surface area (Å²) in [6.45, 7) is 3.87. The first-order valence-corrected chi connectivity index (χ1v) is 7.49. The lowest BCUT2D eigenvalue weighted by Crippen LogP contribution is -2.20. The molecule has 2 heterocycles. The smallest absolute Gasteiger partial charge is 0.131 e. The molecular weight excluding hydrogens is 262 g/mol. The third-order valence-corrected chi connectivity index (χ3v) is 3.82. The normalized spacial score (nSPS) is 14.4. The molecule has 0 saturated heterocycles. The number of aryl methyl sites for hydroxylation is 2. The van der Waals surface area contributed by atoms with Gasteiger partial charge in [-0.3, -0.25) is 4.68 Å². The molecular formula is C16H23N5. The summed E-state index contributed by atoms with van der Waals surface area (Å²) in [6.07, 6.45) is 8.56. The summed E-state index contributed by atoms with van der Waals surface area (Å²) < 4.78 is 1.83. The van der Waals surface area contributed by atoms with Crippen LogP contribution in [-0.2, 0) is 20.1 Å². The van der Waals surface area contributed by atoms with E-state index in [9.17, 15) is 0 Å². The van der Waals surface area contributed by atoms with Crippen molar-refractivity contribution in [2.75, 3.05) is 11.9 Å². The predicted molar refractivity (Wildman–Crippen MR) is 84.2 cm³/mol. The summed E-state index contributed by atoms with van der Waals surface area (Å²) in [5, 5.41) is 7.73. The second-order valence-corrected chi connectivity index (χ2v) is 6.02. The molecule has 5 heteroatoms. The van der Waals surface area contributed by atoms with Crippen molar-refractivity contribution in [2.45, 2.75) is 38.9 Å². The average molecular weight is 285 g/mol. The molecule has 0 amide bonds. The molecule has 0 radical (unpaired) electrons. The van der Waals surface area contributed by atoms with Gasteiger partial charge in [0.05, 0.1) is 6.20 Å². The Morgan fingerprint density at radius 1 is 1.33 bits per heavy atom. The van der Waals surface area contributed by atoms with Crippen molar-refractivity contribution in [3.63, 3.8) is 0 Å². The summed E-state index contributed by atoms with van der Waals surface area (Å²) in [6, 6.07) is 2.97. The maximum atomic E-state index is 4.64. The first-order chi connectivity index (χ1) is 10.1.